The van der Waals surface area contributed by atoms with Gasteiger partial charge < -0.3 is 15.5 Å². The second kappa shape index (κ2) is 6.03. The number of carbonyl (C=O) groups excluding carboxylic acids is 1. The van der Waals surface area contributed by atoms with Gasteiger partial charge >= 0.3 is 5.69 Å². The highest BCUT2D eigenvalue weighted by Gasteiger charge is 2.22. The number of benzene rings is 1. The molecule has 1 amide bonds. The average molecular weight is 266 g/mol. The molecule has 0 aromatic heterocycles. The van der Waals surface area contributed by atoms with Gasteiger partial charge in [-0.15, -0.1) is 0 Å². The van der Waals surface area contributed by atoms with Crippen LogP contribution in [-0.2, 0) is 4.79 Å². The number of rotatable bonds is 5. The predicted molar refractivity (Wildman–Crippen MR) is 74.4 cm³/mol. The minimum absolute atomic E-state index is 0.0663. The van der Waals surface area contributed by atoms with Gasteiger partial charge in [-0.1, -0.05) is 6.07 Å². The van der Waals surface area contributed by atoms with E-state index in [2.05, 4.69) is 10.6 Å². The zero-order valence-corrected chi connectivity index (χ0v) is 11.4. The van der Waals surface area contributed by atoms with Gasteiger partial charge in [0.15, 0.2) is 0 Å². The highest BCUT2D eigenvalue weighted by atomic mass is 16.6. The van der Waals surface area contributed by atoms with Crippen molar-refractivity contribution in [3.05, 3.63) is 28.3 Å². The second-order valence-electron chi connectivity index (χ2n) is 4.31. The van der Waals surface area contributed by atoms with E-state index in [0.29, 0.717) is 11.4 Å². The molecular formula is C12H18N4O3. The normalized spacial score (nSPS) is 11.6. The molecule has 19 heavy (non-hydrogen) atoms. The van der Waals surface area contributed by atoms with Gasteiger partial charge in [-0.3, -0.25) is 14.9 Å². The SMILES string of the molecule is CNc1cccc(NC(C)C(=O)N(C)C)c1[N+](=O)[O-]. The van der Waals surface area contributed by atoms with E-state index in [0.717, 1.165) is 0 Å². The molecule has 1 atom stereocenters. The van der Waals surface area contributed by atoms with Crippen molar-refractivity contribution in [2.24, 2.45) is 0 Å². The number of nitrogens with zero attached hydrogens (tertiary/aromatic N) is 2. The number of anilines is 2. The van der Waals surface area contributed by atoms with E-state index >= 15 is 0 Å². The van der Waals surface area contributed by atoms with Crippen molar-refractivity contribution in [3.63, 3.8) is 0 Å². The molecule has 0 spiro atoms. The molecule has 1 aromatic carbocycles. The van der Waals surface area contributed by atoms with E-state index in [4.69, 9.17) is 0 Å². The Morgan fingerprint density at radius 3 is 2.42 bits per heavy atom. The molecule has 0 radical (unpaired) electrons. The first kappa shape index (κ1) is 14.7. The number of amides is 1. The standard InChI is InChI=1S/C12H18N4O3/c1-8(12(17)15(3)4)14-10-7-5-6-9(13-2)11(10)16(18)19/h5-8,13-14H,1-4H3. The Balaban J connectivity index is 3.08. The fourth-order valence-corrected chi connectivity index (χ4v) is 1.74. The van der Waals surface area contributed by atoms with Crippen molar-refractivity contribution in [3.8, 4) is 0 Å². The lowest BCUT2D eigenvalue weighted by atomic mass is 10.2. The van der Waals surface area contributed by atoms with Gasteiger partial charge in [-0.05, 0) is 19.1 Å². The van der Waals surface area contributed by atoms with Crippen LogP contribution in [-0.4, -0.2) is 42.9 Å². The molecule has 0 heterocycles. The van der Waals surface area contributed by atoms with E-state index < -0.39 is 11.0 Å². The summed E-state index contributed by atoms with van der Waals surface area (Å²) in [5.74, 6) is -0.149. The van der Waals surface area contributed by atoms with Crippen molar-refractivity contribution in [2.75, 3.05) is 31.8 Å². The molecule has 0 fully saturated rings. The average Bonchev–Trinajstić information content (AvgIpc) is 2.36. The lowest BCUT2D eigenvalue weighted by molar-refractivity contribution is -0.383. The molecule has 0 aliphatic carbocycles. The molecule has 0 bridgehead atoms. The van der Waals surface area contributed by atoms with Gasteiger partial charge in [0.1, 0.15) is 17.4 Å². The highest BCUT2D eigenvalue weighted by Crippen LogP contribution is 2.32. The summed E-state index contributed by atoms with van der Waals surface area (Å²) in [4.78, 5) is 23.8. The highest BCUT2D eigenvalue weighted by molar-refractivity contribution is 5.86. The van der Waals surface area contributed by atoms with Gasteiger partial charge in [0.2, 0.25) is 5.91 Å². The van der Waals surface area contributed by atoms with Crippen LogP contribution in [0.25, 0.3) is 0 Å². The fourth-order valence-electron chi connectivity index (χ4n) is 1.74. The molecule has 7 nitrogen and oxygen atoms in total. The topological polar surface area (TPSA) is 87.5 Å². The first-order valence-electron chi connectivity index (χ1n) is 5.81. The third-order valence-electron chi connectivity index (χ3n) is 2.67. The Hall–Kier alpha value is -2.31. The lowest BCUT2D eigenvalue weighted by Gasteiger charge is -2.19. The summed E-state index contributed by atoms with van der Waals surface area (Å²) in [6.07, 6.45) is 0. The smallest absolute Gasteiger partial charge is 0.315 e. The van der Waals surface area contributed by atoms with Crippen LogP contribution in [0, 0.1) is 10.1 Å². The largest absolute Gasteiger partial charge is 0.382 e. The maximum absolute atomic E-state index is 11.8. The molecule has 7 heteroatoms. The number of nitro groups is 1. The quantitative estimate of drug-likeness (QED) is 0.623. The monoisotopic (exact) mass is 266 g/mol. The maximum atomic E-state index is 11.8. The van der Waals surface area contributed by atoms with Crippen molar-refractivity contribution >= 4 is 23.0 Å². The third-order valence-corrected chi connectivity index (χ3v) is 2.67. The fraction of sp³-hybridized carbons (Fsp3) is 0.417. The zero-order valence-electron chi connectivity index (χ0n) is 11.4. The molecule has 0 aliphatic rings. The predicted octanol–water partition coefficient (Wildman–Crippen LogP) is 1.53. The Morgan fingerprint density at radius 2 is 1.95 bits per heavy atom. The van der Waals surface area contributed by atoms with Gasteiger partial charge in [0.25, 0.3) is 0 Å². The van der Waals surface area contributed by atoms with E-state index in [1.54, 1.807) is 46.3 Å². The van der Waals surface area contributed by atoms with E-state index in [1.807, 2.05) is 0 Å². The van der Waals surface area contributed by atoms with Crippen LogP contribution in [0.3, 0.4) is 0 Å². The number of carbonyl (C=O) groups is 1. The summed E-state index contributed by atoms with van der Waals surface area (Å²) in [5.41, 5.74) is 0.655. The molecule has 0 saturated heterocycles. The number of likely N-dealkylation sites (N-methyl/N-ethyl adjacent to an activating group) is 1. The second-order valence-corrected chi connectivity index (χ2v) is 4.31. The van der Waals surface area contributed by atoms with E-state index in [9.17, 15) is 14.9 Å². The molecule has 0 saturated carbocycles. The Labute approximate surface area is 111 Å². The van der Waals surface area contributed by atoms with Crippen LogP contribution in [0.5, 0.6) is 0 Å². The van der Waals surface area contributed by atoms with Crippen LogP contribution in [0.15, 0.2) is 18.2 Å². The van der Waals surface area contributed by atoms with Crippen molar-refractivity contribution < 1.29 is 9.72 Å². The lowest BCUT2D eigenvalue weighted by Crippen LogP contribution is -2.36. The number of hydrogen-bond acceptors (Lipinski definition) is 5. The first-order valence-corrected chi connectivity index (χ1v) is 5.81. The van der Waals surface area contributed by atoms with Crippen molar-refractivity contribution in [1.82, 2.24) is 4.90 Å². The molecule has 1 unspecified atom stereocenters. The Bertz CT molecular complexity index is 488. The summed E-state index contributed by atoms with van der Waals surface area (Å²) in [6.45, 7) is 1.66. The van der Waals surface area contributed by atoms with Crippen molar-refractivity contribution in [2.45, 2.75) is 13.0 Å². The van der Waals surface area contributed by atoms with Gasteiger partial charge in [-0.2, -0.15) is 0 Å². The van der Waals surface area contributed by atoms with Crippen molar-refractivity contribution in [1.29, 1.82) is 0 Å². The van der Waals surface area contributed by atoms with E-state index in [-0.39, 0.29) is 11.6 Å². The van der Waals surface area contributed by atoms with Gasteiger partial charge in [0, 0.05) is 21.1 Å². The number of nitro benzene ring substituents is 1. The number of hydrogen-bond donors (Lipinski definition) is 2. The molecule has 0 aliphatic heterocycles. The van der Waals surface area contributed by atoms with Crippen LogP contribution >= 0.6 is 0 Å². The number of nitrogens with one attached hydrogen (secondary N) is 2. The molecule has 1 aromatic rings. The summed E-state index contributed by atoms with van der Waals surface area (Å²) in [6, 6.07) is 4.34. The Morgan fingerprint density at radius 1 is 1.37 bits per heavy atom. The third kappa shape index (κ3) is 3.34. The Kier molecular flexibility index (Phi) is 4.68. The summed E-state index contributed by atoms with van der Waals surface area (Å²) in [5, 5.41) is 16.8. The van der Waals surface area contributed by atoms with Gasteiger partial charge in [0.05, 0.1) is 4.92 Å². The molecule has 2 N–H and O–H groups in total. The summed E-state index contributed by atoms with van der Waals surface area (Å²) < 4.78 is 0. The van der Waals surface area contributed by atoms with Crippen LogP contribution < -0.4 is 10.6 Å². The molecule has 104 valence electrons. The summed E-state index contributed by atoms with van der Waals surface area (Å²) in [7, 11) is 4.89. The minimum Gasteiger partial charge on any atom is -0.382 e. The minimum atomic E-state index is -0.541. The van der Waals surface area contributed by atoms with Gasteiger partial charge in [-0.25, -0.2) is 0 Å². The maximum Gasteiger partial charge on any atom is 0.315 e. The number of para-hydroxylation sites is 1. The van der Waals surface area contributed by atoms with Crippen LogP contribution in [0.1, 0.15) is 6.92 Å². The zero-order chi connectivity index (χ0) is 14.6. The van der Waals surface area contributed by atoms with Crippen LogP contribution in [0.2, 0.25) is 0 Å². The summed E-state index contributed by atoms with van der Waals surface area (Å²) >= 11 is 0. The molecular weight excluding hydrogens is 248 g/mol. The first-order chi connectivity index (χ1) is 8.88. The van der Waals surface area contributed by atoms with Crippen LogP contribution in [0.4, 0.5) is 17.1 Å². The van der Waals surface area contributed by atoms with E-state index in [1.165, 1.54) is 4.90 Å². The molecule has 1 rings (SSSR count).